The van der Waals surface area contributed by atoms with Gasteiger partial charge in [0.2, 0.25) is 0 Å². The van der Waals surface area contributed by atoms with E-state index in [1.807, 2.05) is 5.79 Å². The molecule has 0 spiro atoms. The Hall–Kier alpha value is -0.443. The molecule has 0 amide bonds. The van der Waals surface area contributed by atoms with E-state index < -0.39 is 36.8 Å². The van der Waals surface area contributed by atoms with Crippen LogP contribution in [0.4, 0.5) is 0 Å². The number of aromatic nitrogens is 4. The molecule has 404 valence electrons. The first-order valence-corrected chi connectivity index (χ1v) is 54.3. The van der Waals surface area contributed by atoms with Crippen molar-refractivity contribution < 1.29 is 0 Å². The van der Waals surface area contributed by atoms with Crippen molar-refractivity contribution in [3.8, 4) is 0 Å². The van der Waals surface area contributed by atoms with Gasteiger partial charge in [0.05, 0.1) is 0 Å². The van der Waals surface area contributed by atoms with E-state index in [4.69, 9.17) is 8.75 Å². The predicted octanol–water partition coefficient (Wildman–Crippen LogP) is 22.1. The van der Waals surface area contributed by atoms with Gasteiger partial charge in [-0.1, -0.05) is 13.8 Å². The zero-order valence-electron chi connectivity index (χ0n) is 48.2. The molecule has 11 heteroatoms. The summed E-state index contributed by atoms with van der Waals surface area (Å²) in [6.45, 7) is 16.6. The van der Waals surface area contributed by atoms with Crippen molar-refractivity contribution >= 4 is 172 Å². The summed E-state index contributed by atoms with van der Waals surface area (Å²) in [5.41, 5.74) is 11.9. The molecule has 1 aromatic carbocycles. The summed E-state index contributed by atoms with van der Waals surface area (Å²) in [6.07, 6.45) is 37.7. The van der Waals surface area contributed by atoms with Crippen LogP contribution in [0.25, 0.3) is 72.1 Å². The monoisotopic (exact) mass is 1300 g/mol. The average Bonchev–Trinajstić information content (AvgIpc) is 4.23. The molecule has 0 radical (unpaired) electrons. The summed E-state index contributed by atoms with van der Waals surface area (Å²) in [6, 6.07) is 0. The molecule has 73 heavy (non-hydrogen) atoms. The first-order chi connectivity index (χ1) is 35.3. The van der Waals surface area contributed by atoms with E-state index in [0.717, 1.165) is 13.1 Å². The van der Waals surface area contributed by atoms with Crippen LogP contribution in [0.5, 0.6) is 0 Å². The number of rotatable bonds is 34. The summed E-state index contributed by atoms with van der Waals surface area (Å²) >= 11 is 5.31. The number of hydrogen-bond acceptors (Lipinski definition) is 7. The molecule has 8 aromatic rings. The fraction of sp³-hybridized carbons (Fsp3) is 0.710. The topological polar surface area (TPSA) is 35.6 Å². The second kappa shape index (κ2) is 27.1. The zero-order valence-corrected chi connectivity index (χ0v) is 58.0. The minimum absolute atomic E-state index is 0.641. The maximum absolute atomic E-state index is 5.41. The summed E-state index contributed by atoms with van der Waals surface area (Å²) in [7, 11) is 0. The van der Waals surface area contributed by atoms with Gasteiger partial charge in [0.25, 0.3) is 0 Å². The van der Waals surface area contributed by atoms with Crippen LogP contribution in [-0.4, -0.2) is 54.6 Å². The Bertz CT molecular complexity index is 2810. The molecule has 0 bridgehead atoms. The van der Waals surface area contributed by atoms with Crippen molar-refractivity contribution in [2.45, 2.75) is 264 Å². The molecule has 0 aliphatic carbocycles. The van der Waals surface area contributed by atoms with Crippen molar-refractivity contribution in [1.82, 2.24) is 17.9 Å². The Morgan fingerprint density at radius 3 is 1.05 bits per heavy atom. The Morgan fingerprint density at radius 2 is 0.726 bits per heavy atom. The van der Waals surface area contributed by atoms with Gasteiger partial charge in [-0.05, 0) is 0 Å². The van der Waals surface area contributed by atoms with Crippen LogP contribution in [-0.2, 0) is 25.9 Å². The number of thiophene rings is 4. The molecule has 0 N–H and O–H groups in total. The molecule has 0 fully saturated rings. The quantitative estimate of drug-likeness (QED) is 0.0298. The van der Waals surface area contributed by atoms with Crippen LogP contribution in [0.2, 0.25) is 29.6 Å². The van der Waals surface area contributed by atoms with E-state index in [9.17, 15) is 0 Å². The normalized spacial score (nSPS) is 13.9. The average molecular weight is 1300 g/mol. The van der Waals surface area contributed by atoms with E-state index in [1.165, 1.54) is 234 Å². The molecule has 2 atom stereocenters. The second-order valence-corrected chi connectivity index (χ2v) is 60.0. The van der Waals surface area contributed by atoms with Crippen molar-refractivity contribution in [2.24, 2.45) is 11.8 Å². The Labute approximate surface area is 471 Å². The van der Waals surface area contributed by atoms with E-state index in [1.54, 1.807) is 41.0 Å². The molecular weight excluding hydrogens is 1200 g/mol. The molecule has 0 aliphatic heterocycles. The number of benzene rings is 1. The third kappa shape index (κ3) is 12.9. The van der Waals surface area contributed by atoms with Crippen molar-refractivity contribution in [3.05, 3.63) is 11.1 Å². The SMILES string of the molecule is CCCCCCCCCCCc1[c]([Sn]([CH3])([CH3])[CH3])sc2c1sc1c3c4nsnc4c4c5sc6c(CCCCCCCCCCC)[c]([Sn]([CH3])([CH3])[CH3])sc6c5n(CC(CC)CCCC)c4c3n(CC(CC)CCCC)c21. The number of hydrogen-bond donors (Lipinski definition) is 0. The summed E-state index contributed by atoms with van der Waals surface area (Å²) in [5, 5.41) is 2.85. The van der Waals surface area contributed by atoms with Gasteiger partial charge >= 0.3 is 463 Å². The van der Waals surface area contributed by atoms with Gasteiger partial charge in [0.15, 0.2) is 0 Å². The van der Waals surface area contributed by atoms with Crippen molar-refractivity contribution in [3.63, 3.8) is 0 Å². The second-order valence-electron chi connectivity index (χ2n) is 24.8. The van der Waals surface area contributed by atoms with Crippen LogP contribution < -0.4 is 5.79 Å². The number of fused-ring (bicyclic) bond motifs is 14. The molecule has 0 saturated heterocycles. The Morgan fingerprint density at radius 1 is 0.384 bits per heavy atom. The predicted molar refractivity (Wildman–Crippen MR) is 344 cm³/mol. The number of aryl methyl sites for hydroxylation is 2. The van der Waals surface area contributed by atoms with Crippen molar-refractivity contribution in [1.29, 1.82) is 0 Å². The van der Waals surface area contributed by atoms with Crippen LogP contribution in [0.15, 0.2) is 0 Å². The molecule has 7 heterocycles. The van der Waals surface area contributed by atoms with E-state index in [-0.39, 0.29) is 0 Å². The third-order valence-electron chi connectivity index (χ3n) is 16.8. The molecule has 8 rings (SSSR count). The van der Waals surface area contributed by atoms with Gasteiger partial charge in [0, 0.05) is 0 Å². The molecular formula is C62H98N4S5Sn2. The van der Waals surface area contributed by atoms with E-state index >= 15 is 0 Å². The first kappa shape index (κ1) is 58.7. The van der Waals surface area contributed by atoms with Gasteiger partial charge in [-0.2, -0.15) is 0 Å². The summed E-state index contributed by atoms with van der Waals surface area (Å²) < 4.78 is 29.9. The van der Waals surface area contributed by atoms with Gasteiger partial charge in [-0.25, -0.2) is 0 Å². The number of unbranched alkanes of at least 4 members (excludes halogenated alkanes) is 18. The van der Waals surface area contributed by atoms with Crippen LogP contribution in [0.1, 0.15) is 220 Å². The Kier molecular flexibility index (Phi) is 21.8. The van der Waals surface area contributed by atoms with Crippen LogP contribution in [0, 0.1) is 11.8 Å². The number of nitrogens with zero attached hydrogens (tertiary/aromatic N) is 4. The molecule has 0 saturated carbocycles. The van der Waals surface area contributed by atoms with Gasteiger partial charge in [-0.3, -0.25) is 0 Å². The minimum atomic E-state index is -2.50. The molecule has 2 unspecified atom stereocenters. The van der Waals surface area contributed by atoms with Crippen LogP contribution in [0.3, 0.4) is 0 Å². The molecule has 7 aromatic heterocycles. The zero-order chi connectivity index (χ0) is 51.9. The van der Waals surface area contributed by atoms with Gasteiger partial charge in [0.1, 0.15) is 0 Å². The van der Waals surface area contributed by atoms with Crippen molar-refractivity contribution in [2.75, 3.05) is 0 Å². The van der Waals surface area contributed by atoms with Crippen LogP contribution >= 0.6 is 57.1 Å². The third-order valence-corrected chi connectivity index (χ3v) is 41.6. The Balaban J connectivity index is 1.35. The fourth-order valence-electron chi connectivity index (χ4n) is 12.5. The standard InChI is InChI=1S/C56H80N4S5.6CH3.2Sn/c1-7-13-17-19-21-23-25-27-29-33-41-37-61-55-49-53(63-51(41)55)43-45-46(58-65-57-45)44-48(47(43)59(49)35-39(11-5)31-15-9-3)60(36-40(12-6)32-16-10-4)50-54(44)64-52-42(38-62-56(50)52)34-30-28-26-24-22-20-18-14-8-2;;;;;;;;/h39-40H,7-36H2,1-6H3;6*1H3;;. The molecule has 0 aliphatic rings. The fourth-order valence-corrected chi connectivity index (χ4v) is 33.3. The molecule has 4 nitrogen and oxygen atoms in total. The van der Waals surface area contributed by atoms with Gasteiger partial charge in [-0.15, -0.1) is 0 Å². The summed E-state index contributed by atoms with van der Waals surface area (Å²) in [5.74, 6) is 1.28. The maximum atomic E-state index is 5.41. The van der Waals surface area contributed by atoms with Gasteiger partial charge < -0.3 is 0 Å². The first-order valence-electron chi connectivity index (χ1n) is 30.4. The summed E-state index contributed by atoms with van der Waals surface area (Å²) in [4.78, 5) is 16.1. The van der Waals surface area contributed by atoms with E-state index in [2.05, 4.69) is 126 Å². The van der Waals surface area contributed by atoms with E-state index in [0.29, 0.717) is 11.8 Å².